The molecule has 2 amide bonds. The van der Waals surface area contributed by atoms with Crippen LogP contribution in [0.25, 0.3) is 0 Å². The number of hydrogen-bond donors (Lipinski definition) is 2. The fraction of sp³-hybridized carbons (Fsp3) is 0.320. The van der Waals surface area contributed by atoms with Crippen LogP contribution in [0.3, 0.4) is 0 Å². The number of nitrogens with zero attached hydrogens (tertiary/aromatic N) is 1. The van der Waals surface area contributed by atoms with E-state index in [9.17, 15) is 23.9 Å². The molecule has 3 heterocycles. The maximum absolute atomic E-state index is 13.6. The van der Waals surface area contributed by atoms with Crippen molar-refractivity contribution in [3.8, 4) is 5.75 Å². The number of nitrogens with one attached hydrogen (secondary N) is 1. The van der Waals surface area contributed by atoms with Crippen molar-refractivity contribution < 1.29 is 19.1 Å². The number of phenols is 1. The largest absolute Gasteiger partial charge is 0.508 e. The molecule has 172 valence electrons. The first kappa shape index (κ1) is 20.5. The summed E-state index contributed by atoms with van der Waals surface area (Å²) in [6.07, 6.45) is 0.773. The van der Waals surface area contributed by atoms with Gasteiger partial charge in [0.2, 0.25) is 11.8 Å². The molecule has 0 radical (unpaired) electrons. The van der Waals surface area contributed by atoms with Gasteiger partial charge in [-0.3, -0.25) is 19.3 Å². The van der Waals surface area contributed by atoms with Gasteiger partial charge in [0, 0.05) is 21.6 Å². The molecule has 2 saturated carbocycles. The van der Waals surface area contributed by atoms with E-state index in [2.05, 4.69) is 4.98 Å². The van der Waals surface area contributed by atoms with E-state index >= 15 is 0 Å². The van der Waals surface area contributed by atoms with Crippen LogP contribution in [0.4, 0.5) is 10.1 Å². The van der Waals surface area contributed by atoms with Crippen LogP contribution in [0, 0.1) is 35.4 Å². The SMILES string of the molecule is O=C1[C@@H]2[C@H]3C[C@@H]([C@@H]4Sc5[nH]c(=O)sc5[C@H](c5ccccc5O)[C@@H]34)[C@H]2C(=O)N1c1ccc(F)cc1. The number of aromatic hydroxyl groups is 1. The molecule has 4 aliphatic rings. The van der Waals surface area contributed by atoms with Crippen molar-refractivity contribution in [1.29, 1.82) is 0 Å². The molecule has 2 aliphatic carbocycles. The van der Waals surface area contributed by atoms with Crippen LogP contribution in [-0.2, 0) is 9.59 Å². The number of rotatable bonds is 2. The number of imide groups is 1. The van der Waals surface area contributed by atoms with Gasteiger partial charge in [-0.1, -0.05) is 29.5 Å². The van der Waals surface area contributed by atoms with E-state index < -0.39 is 17.7 Å². The standard InChI is InChI=1S/C25H19FN2O4S2/c26-10-5-7-11(8-6-10)28-23(30)18-13-9-14(19(18)24(28)31)20-17(13)16(12-3-1-2-4-15(12)29)21-22(33-20)27-25(32)34-21/h1-8,13-14,16-20,29H,9H2,(H,27,32)/t13-,14+,16+,17+,18+,19+,20-/m0/s1. The number of anilines is 1. The lowest BCUT2D eigenvalue weighted by Crippen LogP contribution is -2.42. The summed E-state index contributed by atoms with van der Waals surface area (Å²) >= 11 is 2.77. The monoisotopic (exact) mass is 494 g/mol. The predicted molar refractivity (Wildman–Crippen MR) is 125 cm³/mol. The van der Waals surface area contributed by atoms with Gasteiger partial charge >= 0.3 is 4.87 Å². The van der Waals surface area contributed by atoms with Gasteiger partial charge in [0.15, 0.2) is 0 Å². The Morgan fingerprint density at radius 3 is 2.41 bits per heavy atom. The summed E-state index contributed by atoms with van der Waals surface area (Å²) in [4.78, 5) is 44.4. The molecule has 0 unspecified atom stereocenters. The number of aromatic amines is 1. The third-order valence-corrected chi connectivity index (χ3v) is 10.7. The molecule has 9 heteroatoms. The Morgan fingerprint density at radius 2 is 1.68 bits per heavy atom. The van der Waals surface area contributed by atoms with E-state index in [1.54, 1.807) is 23.9 Å². The first-order chi connectivity index (χ1) is 16.4. The van der Waals surface area contributed by atoms with Crippen LogP contribution in [-0.4, -0.2) is 27.2 Å². The van der Waals surface area contributed by atoms with Crippen molar-refractivity contribution in [2.45, 2.75) is 22.6 Å². The molecule has 3 aromatic rings. The fourth-order valence-electron chi connectivity index (χ4n) is 6.96. The second kappa shape index (κ2) is 7.05. The Kier molecular flexibility index (Phi) is 4.24. The molecule has 6 nitrogen and oxygen atoms in total. The van der Waals surface area contributed by atoms with Gasteiger partial charge in [0.25, 0.3) is 0 Å². The molecule has 7 rings (SSSR count). The zero-order valence-corrected chi connectivity index (χ0v) is 19.3. The number of phenolic OH excluding ortho intramolecular Hbond substituents is 1. The summed E-state index contributed by atoms with van der Waals surface area (Å²) in [5.74, 6) is -1.76. The van der Waals surface area contributed by atoms with E-state index in [1.807, 2.05) is 12.1 Å². The first-order valence-corrected chi connectivity index (χ1v) is 12.9. The lowest BCUT2D eigenvalue weighted by molar-refractivity contribution is -0.123. The number of thiazole rings is 1. The first-order valence-electron chi connectivity index (χ1n) is 11.2. The Bertz CT molecular complexity index is 1420. The topological polar surface area (TPSA) is 90.5 Å². The third-order valence-electron chi connectivity index (χ3n) is 8.08. The summed E-state index contributed by atoms with van der Waals surface area (Å²) in [5, 5.41) is 11.6. The molecular weight excluding hydrogens is 475 g/mol. The summed E-state index contributed by atoms with van der Waals surface area (Å²) in [6.45, 7) is 0. The molecule has 3 fully saturated rings. The number of benzene rings is 2. The number of para-hydroxylation sites is 1. The number of fused-ring (bicyclic) bond motifs is 9. The molecule has 2 bridgehead atoms. The van der Waals surface area contributed by atoms with Gasteiger partial charge in [0.05, 0.1) is 22.5 Å². The molecule has 0 spiro atoms. The summed E-state index contributed by atoms with van der Waals surface area (Å²) in [6, 6.07) is 12.6. The van der Waals surface area contributed by atoms with Crippen molar-refractivity contribution in [3.63, 3.8) is 0 Å². The zero-order chi connectivity index (χ0) is 23.3. The van der Waals surface area contributed by atoms with Crippen LogP contribution in [0.1, 0.15) is 22.8 Å². The number of amides is 2. The van der Waals surface area contributed by atoms with Crippen molar-refractivity contribution in [2.24, 2.45) is 29.6 Å². The number of carbonyl (C=O) groups excluding carboxylic acids is 2. The zero-order valence-electron chi connectivity index (χ0n) is 17.7. The number of H-pyrrole nitrogens is 1. The second-order valence-corrected chi connectivity index (χ2v) is 11.7. The predicted octanol–water partition coefficient (Wildman–Crippen LogP) is 3.96. The minimum atomic E-state index is -0.435. The Hall–Kier alpha value is -2.91. The molecule has 7 atom stereocenters. The Balaban J connectivity index is 1.34. The van der Waals surface area contributed by atoms with Crippen molar-refractivity contribution in [3.05, 3.63) is 74.5 Å². The van der Waals surface area contributed by atoms with E-state index in [0.717, 1.165) is 33.2 Å². The molecule has 2 N–H and O–H groups in total. The van der Waals surface area contributed by atoms with Crippen molar-refractivity contribution in [1.82, 2.24) is 4.98 Å². The minimum Gasteiger partial charge on any atom is -0.508 e. The number of thioether (sulfide) groups is 1. The van der Waals surface area contributed by atoms with Gasteiger partial charge in [-0.25, -0.2) is 4.39 Å². The maximum atomic E-state index is 13.6. The Labute approximate surface area is 201 Å². The van der Waals surface area contributed by atoms with Crippen molar-refractivity contribution >= 4 is 40.6 Å². The summed E-state index contributed by atoms with van der Waals surface area (Å²) in [7, 11) is 0. The lowest BCUT2D eigenvalue weighted by atomic mass is 9.68. The number of hydrogen-bond acceptors (Lipinski definition) is 6. The molecular formula is C25H19FN2O4S2. The van der Waals surface area contributed by atoms with E-state index in [4.69, 9.17) is 0 Å². The van der Waals surface area contributed by atoms with Crippen LogP contribution in [0.15, 0.2) is 58.4 Å². The highest BCUT2D eigenvalue weighted by Crippen LogP contribution is 2.69. The lowest BCUT2D eigenvalue weighted by Gasteiger charge is -2.43. The van der Waals surface area contributed by atoms with Gasteiger partial charge in [-0.05, 0) is 54.5 Å². The van der Waals surface area contributed by atoms with E-state index in [0.29, 0.717) is 5.69 Å². The van der Waals surface area contributed by atoms with Crippen LogP contribution in [0.2, 0.25) is 0 Å². The van der Waals surface area contributed by atoms with Gasteiger partial charge < -0.3 is 10.1 Å². The maximum Gasteiger partial charge on any atom is 0.305 e. The number of halogens is 1. The number of aromatic nitrogens is 1. The molecule has 2 aliphatic heterocycles. The highest BCUT2D eigenvalue weighted by molar-refractivity contribution is 8.00. The molecule has 34 heavy (non-hydrogen) atoms. The van der Waals surface area contributed by atoms with Crippen molar-refractivity contribution in [2.75, 3.05) is 4.90 Å². The highest BCUT2D eigenvalue weighted by atomic mass is 32.2. The Morgan fingerprint density at radius 1 is 0.971 bits per heavy atom. The fourth-order valence-corrected chi connectivity index (χ4v) is 9.84. The quantitative estimate of drug-likeness (QED) is 0.527. The van der Waals surface area contributed by atoms with E-state index in [1.165, 1.54) is 29.2 Å². The molecule has 1 saturated heterocycles. The van der Waals surface area contributed by atoms with Gasteiger partial charge in [0.1, 0.15) is 11.6 Å². The average Bonchev–Trinajstić information content (AvgIpc) is 3.54. The van der Waals surface area contributed by atoms with Gasteiger partial charge in [-0.2, -0.15) is 0 Å². The van der Waals surface area contributed by atoms with Crippen LogP contribution >= 0.6 is 23.1 Å². The van der Waals surface area contributed by atoms with E-state index in [-0.39, 0.29) is 51.4 Å². The third kappa shape index (κ3) is 2.59. The van der Waals surface area contributed by atoms with Gasteiger partial charge in [-0.15, -0.1) is 11.8 Å². The molecule has 2 aromatic carbocycles. The van der Waals surface area contributed by atoms with Crippen LogP contribution < -0.4 is 9.77 Å². The van der Waals surface area contributed by atoms with Crippen LogP contribution in [0.5, 0.6) is 5.75 Å². The average molecular weight is 495 g/mol. The summed E-state index contributed by atoms with van der Waals surface area (Å²) in [5.41, 5.74) is 1.16. The smallest absolute Gasteiger partial charge is 0.305 e. The second-order valence-electron chi connectivity index (χ2n) is 9.51. The number of carbonyl (C=O) groups is 2. The minimum absolute atomic E-state index is 0.00296. The highest BCUT2D eigenvalue weighted by Gasteiger charge is 2.69. The molecule has 1 aromatic heterocycles. The summed E-state index contributed by atoms with van der Waals surface area (Å²) < 4.78 is 13.5. The normalized spacial score (nSPS) is 33.2.